The first-order chi connectivity index (χ1) is 9.09. The van der Waals surface area contributed by atoms with E-state index in [9.17, 15) is 0 Å². The second kappa shape index (κ2) is 7.43. The van der Waals surface area contributed by atoms with Gasteiger partial charge in [-0.05, 0) is 5.52 Å². The van der Waals surface area contributed by atoms with Crippen molar-refractivity contribution in [1.82, 2.24) is 4.98 Å². The maximum absolute atomic E-state index is 4.13. The van der Waals surface area contributed by atoms with Gasteiger partial charge in [0.05, 0.1) is 0 Å². The molecule has 1 atom stereocenters. The van der Waals surface area contributed by atoms with Crippen LogP contribution in [0.1, 0.15) is 27.7 Å². The summed E-state index contributed by atoms with van der Waals surface area (Å²) in [6.45, 7) is 8.67. The van der Waals surface area contributed by atoms with Gasteiger partial charge in [-0.25, -0.2) is 5.57 Å². The SMILES string of the molecule is CC1=[C-]C(C)C(C)=C1C.[Cr+2].[c-]1cccc2cccnc12. The second-order valence-corrected chi connectivity index (χ2v) is 4.91. The van der Waals surface area contributed by atoms with Crippen LogP contribution in [-0.4, -0.2) is 4.98 Å². The van der Waals surface area contributed by atoms with Crippen LogP contribution in [0.3, 0.4) is 0 Å². The number of hydrogen-bond donors (Lipinski definition) is 0. The van der Waals surface area contributed by atoms with Gasteiger partial charge in [0.15, 0.2) is 0 Å². The van der Waals surface area contributed by atoms with Crippen LogP contribution in [0.25, 0.3) is 10.9 Å². The van der Waals surface area contributed by atoms with Crippen molar-refractivity contribution in [3.05, 3.63) is 65.4 Å². The van der Waals surface area contributed by atoms with Crippen molar-refractivity contribution < 1.29 is 17.4 Å². The molecule has 1 unspecified atom stereocenters. The topological polar surface area (TPSA) is 12.9 Å². The third kappa shape index (κ3) is 3.82. The molecule has 1 aromatic heterocycles. The summed E-state index contributed by atoms with van der Waals surface area (Å²) in [4.78, 5) is 4.13. The third-order valence-corrected chi connectivity index (χ3v) is 3.67. The maximum atomic E-state index is 4.13. The van der Waals surface area contributed by atoms with Crippen LogP contribution in [-0.2, 0) is 17.4 Å². The van der Waals surface area contributed by atoms with E-state index in [2.05, 4.69) is 44.8 Å². The smallest absolute Gasteiger partial charge is 0.283 e. The molecule has 0 amide bonds. The van der Waals surface area contributed by atoms with Gasteiger partial charge in [0.2, 0.25) is 0 Å². The predicted octanol–water partition coefficient (Wildman–Crippen LogP) is 4.75. The average Bonchev–Trinajstić information content (AvgIpc) is 2.66. The van der Waals surface area contributed by atoms with E-state index in [0.717, 1.165) is 10.9 Å². The Kier molecular flexibility index (Phi) is 6.20. The van der Waals surface area contributed by atoms with Crippen molar-refractivity contribution in [2.75, 3.05) is 0 Å². The Balaban J connectivity index is 0.000000192. The quantitative estimate of drug-likeness (QED) is 0.640. The fourth-order valence-corrected chi connectivity index (χ4v) is 2.11. The van der Waals surface area contributed by atoms with Gasteiger partial charge in [-0.2, -0.15) is 35.4 Å². The summed E-state index contributed by atoms with van der Waals surface area (Å²) >= 11 is 0. The van der Waals surface area contributed by atoms with E-state index in [0.29, 0.717) is 5.92 Å². The number of pyridine rings is 1. The van der Waals surface area contributed by atoms with Gasteiger partial charge in [-0.3, -0.25) is 11.1 Å². The fourth-order valence-electron chi connectivity index (χ4n) is 2.11. The second-order valence-electron chi connectivity index (χ2n) is 4.91. The molecule has 2 heteroatoms. The van der Waals surface area contributed by atoms with E-state index in [1.807, 2.05) is 30.3 Å². The van der Waals surface area contributed by atoms with E-state index >= 15 is 0 Å². The van der Waals surface area contributed by atoms with Gasteiger partial charge in [0, 0.05) is 6.20 Å². The Morgan fingerprint density at radius 2 is 1.80 bits per heavy atom. The van der Waals surface area contributed by atoms with E-state index < -0.39 is 0 Å². The van der Waals surface area contributed by atoms with E-state index in [-0.39, 0.29) is 17.4 Å². The minimum atomic E-state index is 0. The van der Waals surface area contributed by atoms with Crippen molar-refractivity contribution >= 4 is 10.9 Å². The minimum absolute atomic E-state index is 0. The molecule has 0 radical (unpaired) electrons. The van der Waals surface area contributed by atoms with Crippen LogP contribution in [0.4, 0.5) is 0 Å². The molecule has 20 heavy (non-hydrogen) atoms. The molecule has 0 aliphatic heterocycles. The first kappa shape index (κ1) is 16.7. The predicted molar refractivity (Wildman–Crippen MR) is 80.5 cm³/mol. The van der Waals surface area contributed by atoms with E-state index in [1.54, 1.807) is 6.20 Å². The van der Waals surface area contributed by atoms with Gasteiger partial charge in [0.25, 0.3) is 0 Å². The fraction of sp³-hybridized carbons (Fsp3) is 0.278. The Hall–Kier alpha value is -1.36. The summed E-state index contributed by atoms with van der Waals surface area (Å²) in [5.74, 6) is 0.560. The zero-order chi connectivity index (χ0) is 13.8. The van der Waals surface area contributed by atoms with Crippen molar-refractivity contribution in [1.29, 1.82) is 0 Å². The summed E-state index contributed by atoms with van der Waals surface area (Å²) in [5.41, 5.74) is 5.18. The monoisotopic (exact) mass is 301 g/mol. The summed E-state index contributed by atoms with van der Waals surface area (Å²) in [6, 6.07) is 12.9. The summed E-state index contributed by atoms with van der Waals surface area (Å²) < 4.78 is 0. The average molecular weight is 301 g/mol. The Morgan fingerprint density at radius 1 is 1.10 bits per heavy atom. The number of fused-ring (bicyclic) bond motifs is 1. The van der Waals surface area contributed by atoms with Crippen molar-refractivity contribution in [2.45, 2.75) is 27.7 Å². The van der Waals surface area contributed by atoms with Gasteiger partial charge >= 0.3 is 17.4 Å². The van der Waals surface area contributed by atoms with Gasteiger partial charge in [0.1, 0.15) is 0 Å². The Morgan fingerprint density at radius 3 is 2.30 bits per heavy atom. The van der Waals surface area contributed by atoms with E-state index in [4.69, 9.17) is 0 Å². The van der Waals surface area contributed by atoms with Crippen molar-refractivity contribution in [3.8, 4) is 0 Å². The van der Waals surface area contributed by atoms with Crippen LogP contribution in [0.5, 0.6) is 0 Å². The molecule has 1 aliphatic carbocycles. The van der Waals surface area contributed by atoms with E-state index in [1.165, 1.54) is 16.7 Å². The first-order valence-corrected chi connectivity index (χ1v) is 6.59. The summed E-state index contributed by atoms with van der Waals surface area (Å²) in [5, 5.41) is 1.14. The number of nitrogens with zero attached hydrogens (tertiary/aromatic N) is 1. The number of hydrogen-bond acceptors (Lipinski definition) is 1. The van der Waals surface area contributed by atoms with Crippen molar-refractivity contribution in [2.24, 2.45) is 5.92 Å². The van der Waals surface area contributed by atoms with Gasteiger partial charge < -0.3 is 0 Å². The molecule has 2 aromatic rings. The molecule has 0 spiro atoms. The van der Waals surface area contributed by atoms with Gasteiger partial charge in [-0.15, -0.1) is 18.4 Å². The largest absolute Gasteiger partial charge is 2.00 e. The Labute approximate surface area is 132 Å². The molecule has 1 aliphatic rings. The third-order valence-electron chi connectivity index (χ3n) is 3.67. The maximum Gasteiger partial charge on any atom is 2.00 e. The first-order valence-electron chi connectivity index (χ1n) is 6.59. The summed E-state index contributed by atoms with van der Waals surface area (Å²) in [7, 11) is 0. The van der Waals surface area contributed by atoms with Crippen molar-refractivity contribution in [3.63, 3.8) is 0 Å². The normalized spacial score (nSPS) is 17.2. The molecule has 3 rings (SSSR count). The minimum Gasteiger partial charge on any atom is -0.283 e. The molecule has 0 fully saturated rings. The van der Waals surface area contributed by atoms with Crippen LogP contribution in [0.2, 0.25) is 0 Å². The van der Waals surface area contributed by atoms with Crippen LogP contribution >= 0.6 is 0 Å². The Bertz CT molecular complexity index is 575. The molecule has 1 heterocycles. The molecule has 0 saturated carbocycles. The standard InChI is InChI=1S/C9H6N.C9H13.Cr/c1-2-6-9-8(4-1)5-3-7-10-9;1-6-5-7(2)9(4)8(6)3;/h1-5,7H;6H,1-4H3;/q2*-1;+2. The number of rotatable bonds is 0. The number of para-hydroxylation sites is 1. The van der Waals surface area contributed by atoms with Crippen LogP contribution in [0.15, 0.2) is 53.2 Å². The van der Waals surface area contributed by atoms with Crippen LogP contribution < -0.4 is 0 Å². The molecular formula is C18H19CrN. The molecule has 0 saturated heterocycles. The molecule has 0 bridgehead atoms. The zero-order valence-corrected chi connectivity index (χ0v) is 13.7. The zero-order valence-electron chi connectivity index (χ0n) is 12.4. The molecule has 102 valence electrons. The number of benzene rings is 1. The number of allylic oxidation sites excluding steroid dienone is 4. The number of aromatic nitrogens is 1. The van der Waals surface area contributed by atoms with Crippen LogP contribution in [0, 0.1) is 18.1 Å². The summed E-state index contributed by atoms with van der Waals surface area (Å²) in [6.07, 6.45) is 5.14. The molecule has 0 N–H and O–H groups in total. The molecule has 1 nitrogen and oxygen atoms in total. The molecular weight excluding hydrogens is 282 g/mol. The molecule has 1 aromatic carbocycles. The van der Waals surface area contributed by atoms with Gasteiger partial charge in [-0.1, -0.05) is 32.8 Å².